The summed E-state index contributed by atoms with van der Waals surface area (Å²) >= 11 is 7.90. The van der Waals surface area contributed by atoms with E-state index in [0.717, 1.165) is 21.8 Å². The molecule has 0 amide bonds. The lowest BCUT2D eigenvalue weighted by atomic mass is 9.89. The minimum atomic E-state index is -2.78. The molecule has 0 radical (unpaired) electrons. The van der Waals surface area contributed by atoms with Crippen LogP contribution in [0.3, 0.4) is 0 Å². The Kier molecular flexibility index (Phi) is 7.07. The van der Waals surface area contributed by atoms with Crippen molar-refractivity contribution in [2.24, 2.45) is 0 Å². The van der Waals surface area contributed by atoms with E-state index in [4.69, 9.17) is 8.37 Å². The molecule has 1 aliphatic carbocycles. The lowest BCUT2D eigenvalue weighted by Crippen LogP contribution is -2.26. The molecule has 0 spiro atoms. The molecule has 0 saturated carbocycles. The maximum Gasteiger partial charge on any atom is 0.143 e. The highest BCUT2D eigenvalue weighted by Gasteiger charge is 2.31. The number of hydrogen-bond donors (Lipinski definition) is 2. The number of rotatable bonds is 7. The Hall–Kier alpha value is -1.23. The van der Waals surface area contributed by atoms with E-state index in [1.807, 2.05) is 66.7 Å². The fourth-order valence-corrected chi connectivity index (χ4v) is 6.44. The van der Waals surface area contributed by atoms with Crippen LogP contribution in [0.25, 0.3) is 0 Å². The normalized spacial score (nSPS) is 20.4. The molecule has 0 heterocycles. The van der Waals surface area contributed by atoms with Gasteiger partial charge in [0.1, 0.15) is 7.14 Å². The lowest BCUT2D eigenvalue weighted by molar-refractivity contribution is 0.189. The van der Waals surface area contributed by atoms with Crippen LogP contribution in [0, 0.1) is 0 Å². The Morgan fingerprint density at radius 3 is 2.00 bits per heavy atom. The topological polar surface area (TPSA) is 35.5 Å². The fourth-order valence-electron chi connectivity index (χ4n) is 3.41. The van der Waals surface area contributed by atoms with Crippen molar-refractivity contribution in [3.63, 3.8) is 0 Å². The molecule has 0 saturated heterocycles. The van der Waals surface area contributed by atoms with E-state index in [0.29, 0.717) is 19.0 Å². The summed E-state index contributed by atoms with van der Waals surface area (Å²) in [6.07, 6.45) is 3.31. The highest BCUT2D eigenvalue weighted by Crippen LogP contribution is 2.45. The molecule has 0 N–H and O–H groups in total. The SMILES string of the molecule is C=C1C(CCP(=O)(c2ccccc2)c2ccccc2)=CC(OS)CC1OS. The Labute approximate surface area is 172 Å². The largest absolute Gasteiger partial charge is 0.314 e. The third-order valence-electron chi connectivity index (χ3n) is 4.94. The third-order valence-corrected chi connectivity index (χ3v) is 8.58. The van der Waals surface area contributed by atoms with Gasteiger partial charge < -0.3 is 12.9 Å². The summed E-state index contributed by atoms with van der Waals surface area (Å²) in [5.74, 6) is 0. The van der Waals surface area contributed by atoms with Crippen LogP contribution in [0.15, 0.2) is 84.5 Å². The van der Waals surface area contributed by atoms with Crippen molar-refractivity contribution < 1.29 is 12.9 Å². The molecule has 1 aliphatic rings. The first kappa shape index (κ1) is 20.5. The third kappa shape index (κ3) is 4.61. The van der Waals surface area contributed by atoms with Crippen molar-refractivity contribution in [2.45, 2.75) is 25.0 Å². The maximum absolute atomic E-state index is 14.1. The van der Waals surface area contributed by atoms with Crippen LogP contribution in [-0.2, 0) is 12.9 Å². The van der Waals surface area contributed by atoms with Gasteiger partial charge in [-0.25, -0.2) is 0 Å². The molecule has 2 unspecified atom stereocenters. The molecule has 0 aliphatic heterocycles. The van der Waals surface area contributed by atoms with E-state index in [1.54, 1.807) is 0 Å². The Morgan fingerprint density at radius 2 is 1.52 bits per heavy atom. The van der Waals surface area contributed by atoms with Crippen molar-refractivity contribution in [3.05, 3.63) is 84.5 Å². The van der Waals surface area contributed by atoms with Gasteiger partial charge in [0.05, 0.1) is 12.2 Å². The van der Waals surface area contributed by atoms with E-state index in [1.165, 1.54) is 0 Å². The molecule has 27 heavy (non-hydrogen) atoms. The lowest BCUT2D eigenvalue weighted by Gasteiger charge is -2.29. The second-order valence-corrected chi connectivity index (χ2v) is 9.96. The monoisotopic (exact) mass is 418 g/mol. The van der Waals surface area contributed by atoms with Crippen LogP contribution in [0.4, 0.5) is 0 Å². The van der Waals surface area contributed by atoms with Crippen molar-refractivity contribution in [3.8, 4) is 0 Å². The van der Waals surface area contributed by atoms with Gasteiger partial charge in [-0.2, -0.15) is 0 Å². The van der Waals surface area contributed by atoms with E-state index >= 15 is 0 Å². The molecule has 142 valence electrons. The molecule has 0 aromatic heterocycles. The minimum Gasteiger partial charge on any atom is -0.314 e. The van der Waals surface area contributed by atoms with Crippen LogP contribution >= 0.6 is 33.0 Å². The van der Waals surface area contributed by atoms with Gasteiger partial charge in [0, 0.05) is 23.2 Å². The molecule has 6 heteroatoms. The van der Waals surface area contributed by atoms with Crippen molar-refractivity contribution >= 4 is 43.6 Å². The molecule has 2 atom stereocenters. The van der Waals surface area contributed by atoms with Crippen LogP contribution in [0.5, 0.6) is 0 Å². The molecule has 3 rings (SSSR count). The molecule has 0 bridgehead atoms. The van der Waals surface area contributed by atoms with Crippen molar-refractivity contribution in [1.29, 1.82) is 0 Å². The molecule has 2 aromatic carbocycles. The molecule has 3 nitrogen and oxygen atoms in total. The average Bonchev–Trinajstić information content (AvgIpc) is 2.74. The molecular formula is C21H23O3PS2. The van der Waals surface area contributed by atoms with Crippen LogP contribution in [0.2, 0.25) is 0 Å². The Bertz CT molecular complexity index is 809. The average molecular weight is 419 g/mol. The van der Waals surface area contributed by atoms with Crippen LogP contribution in [-0.4, -0.2) is 18.4 Å². The summed E-state index contributed by atoms with van der Waals surface area (Å²) in [4.78, 5) is 0. The Morgan fingerprint density at radius 1 is 0.963 bits per heavy atom. The van der Waals surface area contributed by atoms with Gasteiger partial charge in [0.15, 0.2) is 0 Å². The van der Waals surface area contributed by atoms with E-state index < -0.39 is 7.14 Å². The summed E-state index contributed by atoms with van der Waals surface area (Å²) < 4.78 is 24.6. The highest BCUT2D eigenvalue weighted by molar-refractivity contribution is 7.78. The number of thiol groups is 2. The van der Waals surface area contributed by atoms with Gasteiger partial charge in [-0.3, -0.25) is 0 Å². The zero-order chi connectivity index (χ0) is 19.3. The first-order valence-electron chi connectivity index (χ1n) is 8.79. The first-order valence-corrected chi connectivity index (χ1v) is 11.4. The van der Waals surface area contributed by atoms with E-state index in [2.05, 4.69) is 32.4 Å². The Balaban J connectivity index is 1.91. The summed E-state index contributed by atoms with van der Waals surface area (Å²) in [7, 11) is -2.78. The predicted molar refractivity (Wildman–Crippen MR) is 119 cm³/mol. The van der Waals surface area contributed by atoms with Gasteiger partial charge in [-0.1, -0.05) is 73.3 Å². The number of hydrogen-bond acceptors (Lipinski definition) is 5. The maximum atomic E-state index is 14.1. The standard InChI is InChI=1S/C21H23O3PS2/c1-16-17(14-18(23-26)15-21(16)24-27)12-13-25(22,19-8-4-2-5-9-19)20-10-6-3-7-11-20/h2-11,14,18,21,26-27H,1,12-13,15H2. The molecule has 2 aromatic rings. The smallest absolute Gasteiger partial charge is 0.143 e. The van der Waals surface area contributed by atoms with E-state index in [9.17, 15) is 4.57 Å². The van der Waals surface area contributed by atoms with Crippen molar-refractivity contribution in [2.75, 3.05) is 6.16 Å². The van der Waals surface area contributed by atoms with Gasteiger partial charge >= 0.3 is 0 Å². The summed E-state index contributed by atoms with van der Waals surface area (Å²) in [6.45, 7) is 4.15. The quantitative estimate of drug-likeness (QED) is 0.387. The summed E-state index contributed by atoms with van der Waals surface area (Å²) in [5.41, 5.74) is 1.85. The molecule has 0 fully saturated rings. The van der Waals surface area contributed by atoms with Gasteiger partial charge in [-0.05, 0) is 43.4 Å². The zero-order valence-corrected chi connectivity index (χ0v) is 17.6. The summed E-state index contributed by atoms with van der Waals surface area (Å²) in [6, 6.07) is 19.4. The second-order valence-electron chi connectivity index (χ2n) is 6.58. The number of benzene rings is 2. The predicted octanol–water partition coefficient (Wildman–Crippen LogP) is 4.74. The second kappa shape index (κ2) is 9.31. The van der Waals surface area contributed by atoms with Crippen molar-refractivity contribution in [1.82, 2.24) is 0 Å². The van der Waals surface area contributed by atoms with Crippen LogP contribution < -0.4 is 10.6 Å². The molecular weight excluding hydrogens is 395 g/mol. The fraction of sp³-hybridized carbons (Fsp3) is 0.238. The van der Waals surface area contributed by atoms with Gasteiger partial charge in [-0.15, -0.1) is 0 Å². The van der Waals surface area contributed by atoms with Gasteiger partial charge in [0.25, 0.3) is 0 Å². The summed E-state index contributed by atoms with van der Waals surface area (Å²) in [5, 5.41) is 1.73. The highest BCUT2D eigenvalue weighted by atomic mass is 32.1. The van der Waals surface area contributed by atoms with Crippen LogP contribution in [0.1, 0.15) is 12.8 Å². The minimum absolute atomic E-state index is 0.182. The zero-order valence-electron chi connectivity index (χ0n) is 14.9. The first-order chi connectivity index (χ1) is 13.1. The van der Waals surface area contributed by atoms with E-state index in [-0.39, 0.29) is 12.2 Å². The van der Waals surface area contributed by atoms with Gasteiger partial charge in [0.2, 0.25) is 0 Å².